The van der Waals surface area contributed by atoms with Crippen LogP contribution in [0, 0.1) is 0 Å². The molecule has 2 aromatic heterocycles. The van der Waals surface area contributed by atoms with Gasteiger partial charge in [0.1, 0.15) is 29.5 Å². The number of methoxy groups -OCH3 is 1. The number of piperidine rings is 1. The number of imidazole rings is 1. The summed E-state index contributed by atoms with van der Waals surface area (Å²) in [5.74, 6) is -0.0609. The summed E-state index contributed by atoms with van der Waals surface area (Å²) in [5.41, 5.74) is 0.981. The molecule has 1 saturated heterocycles. The van der Waals surface area contributed by atoms with E-state index in [4.69, 9.17) is 9.47 Å². The van der Waals surface area contributed by atoms with Crippen molar-refractivity contribution in [3.63, 3.8) is 0 Å². The summed E-state index contributed by atoms with van der Waals surface area (Å²) in [4.78, 5) is 44.5. The molecule has 1 N–H and O–H groups in total. The van der Waals surface area contributed by atoms with Crippen LogP contribution in [0.5, 0.6) is 5.75 Å². The molecule has 1 fully saturated rings. The number of carbonyl (C=O) groups is 3. The van der Waals surface area contributed by atoms with Crippen molar-refractivity contribution in [2.45, 2.75) is 51.6 Å². The number of hydrogen-bond acceptors (Lipinski definition) is 6. The van der Waals surface area contributed by atoms with Gasteiger partial charge in [-0.3, -0.25) is 9.59 Å². The maximum atomic E-state index is 13.6. The molecule has 5 rings (SSSR count). The van der Waals surface area contributed by atoms with Crippen molar-refractivity contribution >= 4 is 39.7 Å². The summed E-state index contributed by atoms with van der Waals surface area (Å²) >= 11 is 0. The van der Waals surface area contributed by atoms with Crippen LogP contribution in [0.15, 0.2) is 42.5 Å². The molecule has 4 aromatic rings. The Morgan fingerprint density at radius 1 is 1.12 bits per heavy atom. The van der Waals surface area contributed by atoms with E-state index in [9.17, 15) is 27.6 Å². The summed E-state index contributed by atoms with van der Waals surface area (Å²) < 4.78 is 54.5. The van der Waals surface area contributed by atoms with Gasteiger partial charge in [-0.2, -0.15) is 13.2 Å². The molecule has 0 unspecified atom stereocenters. The van der Waals surface area contributed by atoms with Crippen LogP contribution in [0.25, 0.3) is 33.5 Å². The van der Waals surface area contributed by atoms with Crippen LogP contribution in [0.4, 0.5) is 18.0 Å². The Balaban J connectivity index is 1.50. The van der Waals surface area contributed by atoms with E-state index in [1.165, 1.54) is 22.6 Å². The van der Waals surface area contributed by atoms with Crippen LogP contribution in [0.2, 0.25) is 0 Å². The molecule has 1 atom stereocenters. The highest BCUT2D eigenvalue weighted by atomic mass is 19.4. The number of alkyl halides is 3. The Hall–Kier alpha value is -4.55. The fraction of sp³-hybridized carbons (Fsp3) is 0.400. The van der Waals surface area contributed by atoms with Crippen molar-refractivity contribution in [1.29, 1.82) is 0 Å². The van der Waals surface area contributed by atoms with E-state index in [-0.39, 0.29) is 42.4 Å². The molecule has 1 aliphatic heterocycles. The van der Waals surface area contributed by atoms with E-state index in [1.54, 1.807) is 68.8 Å². The molecule has 0 aliphatic carbocycles. The molecule has 10 nitrogen and oxygen atoms in total. The molecule has 0 saturated carbocycles. The Morgan fingerprint density at radius 2 is 1.84 bits per heavy atom. The van der Waals surface area contributed by atoms with E-state index in [0.717, 1.165) is 0 Å². The normalized spacial score (nSPS) is 16.1. The van der Waals surface area contributed by atoms with E-state index in [0.29, 0.717) is 27.7 Å². The molecule has 0 bridgehead atoms. The number of carbonyl (C=O) groups excluding carboxylic acids is 3. The predicted octanol–water partition coefficient (Wildman–Crippen LogP) is 5.07. The first kappa shape index (κ1) is 29.9. The quantitative estimate of drug-likeness (QED) is 0.343. The number of rotatable bonds is 5. The Labute approximate surface area is 245 Å². The number of nitrogens with one attached hydrogen (secondary N) is 1. The van der Waals surface area contributed by atoms with Crippen LogP contribution in [0.3, 0.4) is 0 Å². The van der Waals surface area contributed by atoms with Gasteiger partial charge in [-0.05, 0) is 45.0 Å². The Bertz CT molecular complexity index is 1730. The van der Waals surface area contributed by atoms with Gasteiger partial charge in [0.15, 0.2) is 11.6 Å². The molecule has 0 spiro atoms. The summed E-state index contributed by atoms with van der Waals surface area (Å²) in [5, 5.41) is 3.18. The highest BCUT2D eigenvalue weighted by molar-refractivity contribution is 6.01. The number of ketones is 1. The number of fused-ring (bicyclic) bond motifs is 2. The zero-order valence-corrected chi connectivity index (χ0v) is 24.4. The molecule has 1 aliphatic rings. The highest BCUT2D eigenvalue weighted by Crippen LogP contribution is 2.36. The number of aromatic nitrogens is 3. The lowest BCUT2D eigenvalue weighted by Gasteiger charge is -2.32. The third-order valence-corrected chi connectivity index (χ3v) is 7.18. The van der Waals surface area contributed by atoms with Gasteiger partial charge >= 0.3 is 12.3 Å². The van der Waals surface area contributed by atoms with E-state index < -0.39 is 36.4 Å². The number of Topliss-reactive ketones (excluding diaryl/α,β-unsaturated/α-hetero) is 1. The molecule has 43 heavy (non-hydrogen) atoms. The second-order valence-electron chi connectivity index (χ2n) is 11.5. The van der Waals surface area contributed by atoms with Crippen molar-refractivity contribution < 1.29 is 37.0 Å². The minimum Gasteiger partial charge on any atom is -0.494 e. The summed E-state index contributed by atoms with van der Waals surface area (Å²) in [7, 11) is 3.10. The lowest BCUT2D eigenvalue weighted by Crippen LogP contribution is -2.55. The first-order valence-electron chi connectivity index (χ1n) is 13.7. The van der Waals surface area contributed by atoms with Gasteiger partial charge < -0.3 is 28.8 Å². The van der Waals surface area contributed by atoms with Crippen molar-refractivity contribution in [1.82, 2.24) is 24.3 Å². The number of aryl methyl sites for hydroxylation is 1. The van der Waals surface area contributed by atoms with E-state index in [2.05, 4.69) is 10.3 Å². The fourth-order valence-corrected chi connectivity index (χ4v) is 5.34. The largest absolute Gasteiger partial charge is 0.494 e. The van der Waals surface area contributed by atoms with Crippen LogP contribution in [0.1, 0.15) is 37.6 Å². The first-order chi connectivity index (χ1) is 20.1. The maximum absolute atomic E-state index is 13.6. The van der Waals surface area contributed by atoms with Crippen molar-refractivity contribution in [3.8, 4) is 17.3 Å². The number of likely N-dealkylation sites (tertiary alicyclic amines) is 1. The van der Waals surface area contributed by atoms with E-state index in [1.807, 2.05) is 0 Å². The zero-order chi connectivity index (χ0) is 31.3. The van der Waals surface area contributed by atoms with Crippen LogP contribution >= 0.6 is 0 Å². The van der Waals surface area contributed by atoms with Crippen LogP contribution in [-0.2, 0) is 23.1 Å². The van der Waals surface area contributed by atoms with Crippen LogP contribution in [-0.4, -0.2) is 74.8 Å². The van der Waals surface area contributed by atoms with Crippen molar-refractivity contribution in [3.05, 3.63) is 48.0 Å². The molecule has 2 aromatic carbocycles. The van der Waals surface area contributed by atoms with E-state index >= 15 is 0 Å². The van der Waals surface area contributed by atoms with Crippen molar-refractivity contribution in [2.24, 2.45) is 7.05 Å². The zero-order valence-electron chi connectivity index (χ0n) is 24.4. The molecular formula is C30H32F3N5O5. The van der Waals surface area contributed by atoms with Gasteiger partial charge in [-0.15, -0.1) is 0 Å². The van der Waals surface area contributed by atoms with Crippen molar-refractivity contribution in [2.75, 3.05) is 20.2 Å². The average molecular weight is 600 g/mol. The Morgan fingerprint density at radius 3 is 2.51 bits per heavy atom. The van der Waals surface area contributed by atoms with Gasteiger partial charge in [0, 0.05) is 43.0 Å². The number of alkyl carbamates (subject to hydrolysis) is 1. The predicted molar refractivity (Wildman–Crippen MR) is 153 cm³/mol. The van der Waals surface area contributed by atoms with Gasteiger partial charge in [0.2, 0.25) is 0 Å². The summed E-state index contributed by atoms with van der Waals surface area (Å²) in [6.45, 7) is 4.00. The summed E-state index contributed by atoms with van der Waals surface area (Å²) in [6.07, 6.45) is -5.18. The first-order valence-corrected chi connectivity index (χ1v) is 13.7. The molecule has 3 heterocycles. The third kappa shape index (κ3) is 6.15. The molecule has 13 heteroatoms. The average Bonchev–Trinajstić information content (AvgIpc) is 3.44. The Kier molecular flexibility index (Phi) is 7.61. The number of amides is 2. The monoisotopic (exact) mass is 599 g/mol. The minimum absolute atomic E-state index is 0.0447. The maximum Gasteiger partial charge on any atom is 0.408 e. The second kappa shape index (κ2) is 10.9. The molecule has 0 radical (unpaired) electrons. The summed E-state index contributed by atoms with van der Waals surface area (Å²) in [6, 6.07) is 10.6. The number of benzene rings is 2. The number of halogens is 3. The van der Waals surface area contributed by atoms with Gasteiger partial charge in [0.05, 0.1) is 18.3 Å². The highest BCUT2D eigenvalue weighted by Gasteiger charge is 2.34. The topological polar surface area (TPSA) is 108 Å². The lowest BCUT2D eigenvalue weighted by atomic mass is 10.0. The van der Waals surface area contributed by atoms with Gasteiger partial charge in [0.25, 0.3) is 5.91 Å². The second-order valence-corrected chi connectivity index (χ2v) is 11.5. The smallest absolute Gasteiger partial charge is 0.408 e. The minimum atomic E-state index is -4.47. The number of ether oxygens (including phenoxy) is 2. The standard InChI is InChI=1S/C30H32F3N5O5/c1-29(2,3)43-28(41)35-20-15-37(11-10-23(20)39)27(40)18-12-19-25(24(14-18)42-5)36(4)26(34-19)22-13-17-8-6-7-9-21(17)38(22)16-30(31,32)33/h6-9,12-14,20H,10-11,15-16H2,1-5H3,(H,35,41)/t20-/m0/s1. The van der Waals surface area contributed by atoms with Gasteiger partial charge in [-0.25, -0.2) is 9.78 Å². The SMILES string of the molecule is COc1cc(C(=O)N2CCC(=O)[C@@H](NC(=O)OC(C)(C)C)C2)cc2nc(-c3cc4ccccc4n3CC(F)(F)F)n(C)c12. The number of para-hydroxylation sites is 1. The lowest BCUT2D eigenvalue weighted by molar-refractivity contribution is -0.139. The molecule has 2 amide bonds. The molecular weight excluding hydrogens is 567 g/mol. The van der Waals surface area contributed by atoms with Crippen LogP contribution < -0.4 is 10.1 Å². The van der Waals surface area contributed by atoms with Gasteiger partial charge in [-0.1, -0.05) is 18.2 Å². The number of hydrogen-bond donors (Lipinski definition) is 1. The third-order valence-electron chi connectivity index (χ3n) is 7.18. The number of nitrogens with zero attached hydrogens (tertiary/aromatic N) is 4. The fourth-order valence-electron chi connectivity index (χ4n) is 5.34. The molecule has 228 valence electrons.